The lowest BCUT2D eigenvalue weighted by molar-refractivity contribution is -0.135. The quantitative estimate of drug-likeness (QED) is 0.0142. The number of rotatable bonds is 62. The van der Waals surface area contributed by atoms with Crippen molar-refractivity contribution in [2.24, 2.45) is 91.7 Å². The van der Waals surface area contributed by atoms with Crippen LogP contribution in [0.2, 0.25) is 0 Å². The molecule has 27 heteroatoms. The number of fused-ring (bicyclic) bond motifs is 1. The fourth-order valence-electron chi connectivity index (χ4n) is 13.8. The van der Waals surface area contributed by atoms with Crippen LogP contribution in [0.1, 0.15) is 253 Å². The van der Waals surface area contributed by atoms with E-state index < -0.39 is 89.3 Å². The second-order valence-electron chi connectivity index (χ2n) is 31.1. The predicted octanol–water partition coefficient (Wildman–Crippen LogP) is 9.59. The molecular formula is C85H142N14O12S. The highest BCUT2D eigenvalue weighted by atomic mass is 32.2. The lowest BCUT2D eigenvalue weighted by Crippen LogP contribution is -2.49. The number of carbonyl (C=O) groups is 11. The Hall–Kier alpha value is -8.04. The number of H-pyrrole nitrogens is 1. The van der Waals surface area contributed by atoms with Crippen molar-refractivity contribution < 1.29 is 57.8 Å². The first kappa shape index (κ1) is 100. The molecule has 3 rings (SSSR count). The smallest absolute Gasteiger partial charge is 0.224 e. The molecule has 2 aromatic carbocycles. The third-order valence-electron chi connectivity index (χ3n) is 20.9. The van der Waals surface area contributed by atoms with Crippen LogP contribution in [0.25, 0.3) is 10.9 Å². The second-order valence-corrected chi connectivity index (χ2v) is 32.0. The molecule has 112 heavy (non-hydrogen) atoms. The van der Waals surface area contributed by atoms with Gasteiger partial charge in [0, 0.05) is 118 Å². The maximum Gasteiger partial charge on any atom is 0.224 e. The zero-order chi connectivity index (χ0) is 83.5. The molecule has 0 saturated heterocycles. The molecule has 0 aliphatic carbocycles. The summed E-state index contributed by atoms with van der Waals surface area (Å²) in [6, 6.07) is 12.9. The number of nitrogens with zero attached hydrogens (tertiary/aromatic N) is 2. The van der Waals surface area contributed by atoms with Crippen LogP contribution in [-0.2, 0) is 65.6 Å². The molecule has 6 amide bonds. The molecule has 26 nitrogen and oxygen atoms in total. The van der Waals surface area contributed by atoms with Crippen molar-refractivity contribution in [3.05, 3.63) is 71.9 Å². The van der Waals surface area contributed by atoms with E-state index in [1.54, 1.807) is 6.92 Å². The van der Waals surface area contributed by atoms with Gasteiger partial charge in [0.1, 0.15) is 11.8 Å². The maximum absolute atomic E-state index is 14.6. The fourth-order valence-corrected chi connectivity index (χ4v) is 14.3. The van der Waals surface area contributed by atoms with Crippen molar-refractivity contribution in [2.75, 3.05) is 38.7 Å². The van der Waals surface area contributed by atoms with Crippen LogP contribution < -0.4 is 61.0 Å². The Bertz CT molecular complexity index is 3360. The Morgan fingerprint density at radius 1 is 0.509 bits per heavy atom. The van der Waals surface area contributed by atoms with Crippen LogP contribution in [0.4, 0.5) is 0 Å². The van der Waals surface area contributed by atoms with Gasteiger partial charge in [0.2, 0.25) is 35.4 Å². The Morgan fingerprint density at radius 3 is 1.57 bits per heavy atom. The number of primary amides is 1. The summed E-state index contributed by atoms with van der Waals surface area (Å²) in [5.74, 6) is -7.39. The van der Waals surface area contributed by atoms with Gasteiger partial charge in [-0.3, -0.25) is 62.7 Å². The first-order chi connectivity index (χ1) is 53.4. The average molecular weight is 1580 g/mol. The van der Waals surface area contributed by atoms with E-state index in [1.807, 2.05) is 102 Å². The van der Waals surface area contributed by atoms with Gasteiger partial charge in [-0.15, -0.1) is 0 Å². The highest BCUT2D eigenvalue weighted by molar-refractivity contribution is 7.98. The number of aromatic amines is 1. The van der Waals surface area contributed by atoms with Crippen LogP contribution in [-0.4, -0.2) is 155 Å². The molecule has 1 aromatic heterocycles. The van der Waals surface area contributed by atoms with Gasteiger partial charge >= 0.3 is 0 Å². The van der Waals surface area contributed by atoms with Crippen LogP contribution in [0.15, 0.2) is 70.8 Å². The number of aliphatic imine (C=N–C) groups is 2. The Kier molecular flexibility index (Phi) is 51.7. The second kappa shape index (κ2) is 57.9. The summed E-state index contributed by atoms with van der Waals surface area (Å²) >= 11 is 1.53. The van der Waals surface area contributed by atoms with Gasteiger partial charge in [0.05, 0.1) is 24.2 Å². The molecule has 0 spiro atoms. The molecule has 19 N–H and O–H groups in total. The molecule has 0 aliphatic rings. The van der Waals surface area contributed by atoms with E-state index in [9.17, 15) is 57.8 Å². The number of nitrogens with one attached hydrogen (secondary N) is 6. The number of nitrogens with two attached hydrogens (primary N) is 6. The van der Waals surface area contributed by atoms with E-state index in [1.165, 1.54) is 83.5 Å². The third-order valence-corrected chi connectivity index (χ3v) is 21.6. The van der Waals surface area contributed by atoms with Crippen molar-refractivity contribution in [2.45, 2.75) is 285 Å². The van der Waals surface area contributed by atoms with Crippen LogP contribution in [0.3, 0.4) is 0 Å². The van der Waals surface area contributed by atoms with E-state index in [0.29, 0.717) is 83.1 Å². The van der Waals surface area contributed by atoms with Gasteiger partial charge in [-0.1, -0.05) is 187 Å². The van der Waals surface area contributed by atoms with Gasteiger partial charge in [-0.05, 0) is 119 Å². The summed E-state index contributed by atoms with van der Waals surface area (Å²) in [6.07, 6.45) is 23.2. The van der Waals surface area contributed by atoms with E-state index in [0.717, 1.165) is 41.3 Å². The molecule has 12 atom stereocenters. The van der Waals surface area contributed by atoms with Crippen molar-refractivity contribution in [1.82, 2.24) is 31.6 Å². The number of hydrogen-bond donors (Lipinski definition) is 13. The molecule has 1 heterocycles. The van der Waals surface area contributed by atoms with E-state index >= 15 is 0 Å². The average Bonchev–Trinajstić information content (AvgIpc) is 1.67. The van der Waals surface area contributed by atoms with E-state index in [2.05, 4.69) is 48.5 Å². The summed E-state index contributed by atoms with van der Waals surface area (Å²) in [5, 5.41) is 25.3. The normalized spacial score (nSPS) is 14.5. The van der Waals surface area contributed by atoms with E-state index in [4.69, 9.17) is 34.4 Å². The summed E-state index contributed by atoms with van der Waals surface area (Å²) in [6.45, 7) is 15.9. The van der Waals surface area contributed by atoms with Crippen LogP contribution in [0, 0.1) is 47.3 Å². The largest absolute Gasteiger partial charge is 0.391 e. The highest BCUT2D eigenvalue weighted by Gasteiger charge is 2.36. The number of unbranched alkanes of at least 4 members (excludes halogenated alkanes) is 13. The molecule has 3 aromatic rings. The fraction of sp³-hybridized carbons (Fsp3) is 0.682. The first-order valence-electron chi connectivity index (χ1n) is 41.3. The number of aliphatic hydroxyl groups excluding tert-OH is 1. The number of para-hydroxylation sites is 1. The number of thioether (sulfide) groups is 1. The van der Waals surface area contributed by atoms with Gasteiger partial charge in [0.25, 0.3) is 0 Å². The van der Waals surface area contributed by atoms with Crippen LogP contribution >= 0.6 is 11.8 Å². The molecular weight excluding hydrogens is 1440 g/mol. The number of amides is 6. The van der Waals surface area contributed by atoms with Crippen molar-refractivity contribution in [3.63, 3.8) is 0 Å². The molecule has 630 valence electrons. The van der Waals surface area contributed by atoms with E-state index in [-0.39, 0.29) is 129 Å². The minimum atomic E-state index is -1.14. The zero-order valence-corrected chi connectivity index (χ0v) is 70.0. The van der Waals surface area contributed by atoms with Gasteiger partial charge in [-0.25, -0.2) is 0 Å². The number of hydrogen-bond acceptors (Lipinski definition) is 16. The summed E-state index contributed by atoms with van der Waals surface area (Å²) in [5.41, 5.74) is 35.8. The third kappa shape index (κ3) is 41.7. The molecule has 0 bridgehead atoms. The minimum absolute atomic E-state index is 0.00288. The van der Waals surface area contributed by atoms with Crippen molar-refractivity contribution >= 4 is 98.9 Å². The van der Waals surface area contributed by atoms with Gasteiger partial charge in [-0.2, -0.15) is 11.8 Å². The number of carbonyl (C=O) groups excluding carboxylic acids is 11. The zero-order valence-electron chi connectivity index (χ0n) is 69.2. The summed E-state index contributed by atoms with van der Waals surface area (Å²) < 4.78 is 0. The number of benzene rings is 2. The topological polar surface area (TPSA) is 465 Å². The predicted molar refractivity (Wildman–Crippen MR) is 450 cm³/mol. The minimum Gasteiger partial charge on any atom is -0.391 e. The Labute approximate surface area is 672 Å². The molecule has 0 radical (unpaired) electrons. The standard InChI is InChI=1S/C47H70N8O6S.C38H72N6O6/c1-5-30(2)37(44(49)59)28-43(58)39(24-32-15-7-6-8-16-32)54-46(61)34(20-23-62-4)27-42(57)40(25-35-29-53-38-19-10-9-18-36(35)38)55-45(60)33(17-11-12-21-48)26-41(56)31(3)14-13-22-52-47(50)51;1-7-8-9-10-11-12-13-14-15-16-17-18-19-22-34(48)44-35(29(5)45)33(47)25-28(4)36(49)43-31(21-20-23-42-38(39)40)32(46)26-30(24-27(2)3)37(50)41-6/h6-10,15-16,18-19,29-31,33-34,37,39-40,53H,5,11-14,17,20-28,48H2,1-4H3,(H2,49,59)(H,54,61)(H,55,60)(H4,50,51,52);27-31,35,45H,7-26H2,1-6H3,(H,41,50)(H,43,49)(H,44,48)(H4,39,40,42)/t30-,31-,33+,34+,37-,39-,40-;28-,29-,30-,31+,35+/m01/s1. The van der Waals surface area contributed by atoms with Crippen LogP contribution in [0.5, 0.6) is 0 Å². The Balaban J connectivity index is 0.000000780. The number of Topliss-reactive ketones (excluding diaryl/α,β-unsaturated/α-hetero) is 5. The lowest BCUT2D eigenvalue weighted by atomic mass is 9.84. The molecule has 0 fully saturated rings. The maximum atomic E-state index is 14.6. The van der Waals surface area contributed by atoms with Crippen molar-refractivity contribution in [3.8, 4) is 0 Å². The van der Waals surface area contributed by atoms with Crippen molar-refractivity contribution in [1.29, 1.82) is 0 Å². The first-order valence-corrected chi connectivity index (χ1v) is 42.7. The number of aromatic nitrogens is 1. The molecule has 0 unspecified atom stereocenters. The molecule has 0 aliphatic heterocycles. The number of guanidine groups is 2. The Morgan fingerprint density at radius 2 is 1.03 bits per heavy atom. The van der Waals surface area contributed by atoms with Gasteiger partial charge < -0.3 is 71.1 Å². The SMILES string of the molecule is CCCCCCCCCCCCCCCC(=O)N[C@H](C(=O)C[C@@H](C)C(=O)N[C@@H](CCCN=C(N)N)C(=O)C[C@@H](CC(C)C)C(=O)NC)[C@@H](C)O.CC[C@H](C)[C@H](CC(=O)[C@H](Cc1ccccc1)NC(=O)[C@H](CCSC)CC(=O)[C@H](Cc1c[nH]c2ccccc12)NC(=O)[C@H](CCCCN)CC(=O)[C@@H](C)CCCN=C(N)N)C(N)=O. The van der Waals surface area contributed by atoms with Gasteiger partial charge in [0.15, 0.2) is 35.1 Å². The number of aliphatic hydroxyl groups is 1. The monoisotopic (exact) mass is 1580 g/mol. The summed E-state index contributed by atoms with van der Waals surface area (Å²) in [4.78, 5) is 159. The molecule has 0 saturated carbocycles. The highest BCUT2D eigenvalue weighted by Crippen LogP contribution is 2.27. The summed E-state index contributed by atoms with van der Waals surface area (Å²) in [7, 11) is 1.52. The number of ketones is 5. The lowest BCUT2D eigenvalue weighted by Gasteiger charge is -2.26.